The van der Waals surface area contributed by atoms with E-state index in [2.05, 4.69) is 45.2 Å². The third kappa shape index (κ3) is 4.12. The summed E-state index contributed by atoms with van der Waals surface area (Å²) in [4.78, 5) is 5.50. The monoisotopic (exact) mass is 343 g/mol. The second kappa shape index (κ2) is 7.17. The molecule has 0 aromatic carbocycles. The van der Waals surface area contributed by atoms with Crippen LogP contribution in [0.2, 0.25) is 0 Å². The second-order valence-electron chi connectivity index (χ2n) is 4.36. The third-order valence-electron chi connectivity index (χ3n) is 2.81. The summed E-state index contributed by atoms with van der Waals surface area (Å²) in [5.74, 6) is 1.39. The molecule has 1 unspecified atom stereocenters. The van der Waals surface area contributed by atoms with Crippen molar-refractivity contribution in [2.75, 3.05) is 6.54 Å². The molecule has 0 spiro atoms. The van der Waals surface area contributed by atoms with Gasteiger partial charge < -0.3 is 9.84 Å². The van der Waals surface area contributed by atoms with Gasteiger partial charge in [-0.3, -0.25) is 0 Å². The van der Waals surface area contributed by atoms with Gasteiger partial charge >= 0.3 is 0 Å². The number of likely N-dealkylation sites (N-methyl/N-ethyl adjacent to an activating group) is 1. The maximum absolute atomic E-state index is 5.34. The summed E-state index contributed by atoms with van der Waals surface area (Å²) >= 11 is 5.05. The summed E-state index contributed by atoms with van der Waals surface area (Å²) < 4.78 is 6.42. The molecule has 6 heteroatoms. The molecule has 2 rings (SSSR count). The van der Waals surface area contributed by atoms with Crippen molar-refractivity contribution in [3.8, 4) is 10.7 Å². The molecule has 0 radical (unpaired) electrons. The van der Waals surface area contributed by atoms with Crippen molar-refractivity contribution in [1.82, 2.24) is 15.5 Å². The number of halogens is 1. The molecule has 1 N–H and O–H groups in total. The fraction of sp³-hybridized carbons (Fsp3) is 0.538. The molecule has 2 aromatic heterocycles. The summed E-state index contributed by atoms with van der Waals surface area (Å²) in [6.45, 7) is 5.27. The quantitative estimate of drug-likeness (QED) is 0.828. The van der Waals surface area contributed by atoms with Gasteiger partial charge in [-0.05, 0) is 41.0 Å². The minimum atomic E-state index is 0.415. The molecule has 1 atom stereocenters. The first-order valence-corrected chi connectivity index (χ1v) is 8.15. The summed E-state index contributed by atoms with van der Waals surface area (Å²) in [6, 6.07) is 4.41. The minimum Gasteiger partial charge on any atom is -0.339 e. The Morgan fingerprint density at radius 1 is 1.42 bits per heavy atom. The SMILES string of the molecule is CCCC(Cc1nc(-c2ccc(Br)s2)no1)NCC. The lowest BCUT2D eigenvalue weighted by atomic mass is 10.1. The predicted octanol–water partition coefficient (Wildman–Crippen LogP) is 3.88. The predicted molar refractivity (Wildman–Crippen MR) is 81.4 cm³/mol. The van der Waals surface area contributed by atoms with Gasteiger partial charge in [-0.2, -0.15) is 4.98 Å². The van der Waals surface area contributed by atoms with E-state index in [4.69, 9.17) is 4.52 Å². The molecular weight excluding hydrogens is 326 g/mol. The summed E-state index contributed by atoms with van der Waals surface area (Å²) in [5.41, 5.74) is 0. The van der Waals surface area contributed by atoms with Gasteiger partial charge in [0, 0.05) is 12.5 Å². The number of aromatic nitrogens is 2. The molecule has 0 aliphatic carbocycles. The van der Waals surface area contributed by atoms with E-state index in [0.29, 0.717) is 17.8 Å². The Morgan fingerprint density at radius 3 is 2.89 bits per heavy atom. The van der Waals surface area contributed by atoms with Crippen LogP contribution in [0.4, 0.5) is 0 Å². The van der Waals surface area contributed by atoms with Gasteiger partial charge in [0.15, 0.2) is 0 Å². The van der Waals surface area contributed by atoms with Gasteiger partial charge in [-0.25, -0.2) is 0 Å². The van der Waals surface area contributed by atoms with Crippen LogP contribution in [0.25, 0.3) is 10.7 Å². The Kier molecular flexibility index (Phi) is 5.54. The highest BCUT2D eigenvalue weighted by Gasteiger charge is 2.15. The average Bonchev–Trinajstić information content (AvgIpc) is 2.99. The van der Waals surface area contributed by atoms with E-state index in [-0.39, 0.29) is 0 Å². The van der Waals surface area contributed by atoms with Gasteiger partial charge in [-0.15, -0.1) is 11.3 Å². The molecule has 0 bridgehead atoms. The van der Waals surface area contributed by atoms with E-state index < -0.39 is 0 Å². The normalized spacial score (nSPS) is 12.8. The van der Waals surface area contributed by atoms with E-state index in [0.717, 1.165) is 34.5 Å². The highest BCUT2D eigenvalue weighted by atomic mass is 79.9. The molecule has 0 saturated heterocycles. The molecular formula is C13H18BrN3OS. The van der Waals surface area contributed by atoms with Crippen LogP contribution in [0.1, 0.15) is 32.6 Å². The Bertz CT molecular complexity index is 505. The summed E-state index contributed by atoms with van der Waals surface area (Å²) in [6.07, 6.45) is 3.06. The van der Waals surface area contributed by atoms with Gasteiger partial charge in [0.2, 0.25) is 11.7 Å². The summed E-state index contributed by atoms with van der Waals surface area (Å²) in [5, 5.41) is 7.50. The zero-order valence-electron chi connectivity index (χ0n) is 11.1. The van der Waals surface area contributed by atoms with E-state index in [1.807, 2.05) is 12.1 Å². The number of hydrogen-bond acceptors (Lipinski definition) is 5. The first kappa shape index (κ1) is 14.7. The molecule has 2 aromatic rings. The van der Waals surface area contributed by atoms with E-state index in [1.165, 1.54) is 0 Å². The average molecular weight is 344 g/mol. The lowest BCUT2D eigenvalue weighted by Gasteiger charge is -2.14. The molecule has 0 amide bonds. The fourth-order valence-corrected chi connectivity index (χ4v) is 3.31. The highest BCUT2D eigenvalue weighted by molar-refractivity contribution is 9.11. The molecule has 0 saturated carbocycles. The van der Waals surface area contributed by atoms with Crippen molar-refractivity contribution in [2.45, 2.75) is 39.2 Å². The molecule has 104 valence electrons. The second-order valence-corrected chi connectivity index (χ2v) is 6.83. The lowest BCUT2D eigenvalue weighted by Crippen LogP contribution is -2.30. The summed E-state index contributed by atoms with van der Waals surface area (Å²) in [7, 11) is 0. The van der Waals surface area contributed by atoms with Crippen LogP contribution in [0.15, 0.2) is 20.4 Å². The van der Waals surface area contributed by atoms with Crippen LogP contribution < -0.4 is 5.32 Å². The Labute approximate surface area is 125 Å². The van der Waals surface area contributed by atoms with E-state index >= 15 is 0 Å². The number of nitrogens with one attached hydrogen (secondary N) is 1. The molecule has 0 fully saturated rings. The fourth-order valence-electron chi connectivity index (χ4n) is 2.00. The number of hydrogen-bond donors (Lipinski definition) is 1. The van der Waals surface area contributed by atoms with Crippen molar-refractivity contribution >= 4 is 27.3 Å². The van der Waals surface area contributed by atoms with Crippen molar-refractivity contribution in [1.29, 1.82) is 0 Å². The van der Waals surface area contributed by atoms with Crippen LogP contribution >= 0.6 is 27.3 Å². The topological polar surface area (TPSA) is 51.0 Å². The first-order chi connectivity index (χ1) is 9.22. The van der Waals surface area contributed by atoms with Crippen LogP contribution in [-0.2, 0) is 6.42 Å². The number of thiophene rings is 1. The van der Waals surface area contributed by atoms with Crippen LogP contribution in [0.3, 0.4) is 0 Å². The van der Waals surface area contributed by atoms with Gasteiger partial charge in [0.25, 0.3) is 0 Å². The molecule has 0 aliphatic rings. The van der Waals surface area contributed by atoms with E-state index in [9.17, 15) is 0 Å². The Morgan fingerprint density at radius 2 is 2.26 bits per heavy atom. The van der Waals surface area contributed by atoms with Gasteiger partial charge in [-0.1, -0.05) is 25.4 Å². The van der Waals surface area contributed by atoms with Gasteiger partial charge in [0.05, 0.1) is 8.66 Å². The number of rotatable bonds is 7. The molecule has 2 heterocycles. The van der Waals surface area contributed by atoms with Crippen molar-refractivity contribution in [3.63, 3.8) is 0 Å². The molecule has 19 heavy (non-hydrogen) atoms. The zero-order chi connectivity index (χ0) is 13.7. The maximum atomic E-state index is 5.34. The van der Waals surface area contributed by atoms with Crippen LogP contribution in [-0.4, -0.2) is 22.7 Å². The van der Waals surface area contributed by atoms with Crippen molar-refractivity contribution < 1.29 is 4.52 Å². The van der Waals surface area contributed by atoms with Crippen LogP contribution in [0, 0.1) is 0 Å². The highest BCUT2D eigenvalue weighted by Crippen LogP contribution is 2.29. The lowest BCUT2D eigenvalue weighted by molar-refractivity contribution is 0.352. The Balaban J connectivity index is 2.03. The molecule has 0 aliphatic heterocycles. The van der Waals surface area contributed by atoms with Crippen molar-refractivity contribution in [3.05, 3.63) is 21.8 Å². The maximum Gasteiger partial charge on any atom is 0.228 e. The first-order valence-electron chi connectivity index (χ1n) is 6.54. The molecule has 4 nitrogen and oxygen atoms in total. The third-order valence-corrected chi connectivity index (χ3v) is 4.43. The van der Waals surface area contributed by atoms with Crippen LogP contribution in [0.5, 0.6) is 0 Å². The Hall–Kier alpha value is -0.720. The van der Waals surface area contributed by atoms with Gasteiger partial charge in [0.1, 0.15) is 0 Å². The largest absolute Gasteiger partial charge is 0.339 e. The standard InChI is InChI=1S/C13H18BrN3OS/c1-3-5-9(15-4-2)8-12-16-13(17-18-12)10-6-7-11(14)19-10/h6-7,9,15H,3-5,8H2,1-2H3. The zero-order valence-corrected chi connectivity index (χ0v) is 13.6. The van der Waals surface area contributed by atoms with Crippen molar-refractivity contribution in [2.24, 2.45) is 0 Å². The smallest absolute Gasteiger partial charge is 0.228 e. The minimum absolute atomic E-state index is 0.415. The number of nitrogens with zero attached hydrogens (tertiary/aromatic N) is 2. The van der Waals surface area contributed by atoms with E-state index in [1.54, 1.807) is 11.3 Å².